The molecule has 2 rings (SSSR count). The Hall–Kier alpha value is -2.37. The standard InChI is InChI=1S/C14H16N2O4/c1-9-3-5-10(6-4-9)8-16-13(18)11(15-14(16)19)7-12(17)20-2/h3-6,11H,7-8H2,1-2H3,(H,15,19). The zero-order chi connectivity index (χ0) is 14.7. The smallest absolute Gasteiger partial charge is 0.325 e. The highest BCUT2D eigenvalue weighted by Crippen LogP contribution is 2.14. The minimum Gasteiger partial charge on any atom is -0.469 e. The normalized spacial score (nSPS) is 18.1. The molecule has 106 valence electrons. The molecule has 1 aliphatic heterocycles. The van der Waals surface area contributed by atoms with Crippen molar-refractivity contribution >= 4 is 17.9 Å². The van der Waals surface area contributed by atoms with Gasteiger partial charge < -0.3 is 10.1 Å². The molecule has 1 atom stereocenters. The van der Waals surface area contributed by atoms with Gasteiger partial charge in [0.15, 0.2) is 0 Å². The van der Waals surface area contributed by atoms with Gasteiger partial charge in [-0.25, -0.2) is 4.79 Å². The van der Waals surface area contributed by atoms with Crippen LogP contribution in [0.15, 0.2) is 24.3 Å². The number of benzene rings is 1. The number of carbonyl (C=O) groups is 3. The molecule has 1 N–H and O–H groups in total. The summed E-state index contributed by atoms with van der Waals surface area (Å²) in [6.45, 7) is 2.16. The van der Waals surface area contributed by atoms with Crippen LogP contribution in [0.25, 0.3) is 0 Å². The summed E-state index contributed by atoms with van der Waals surface area (Å²) in [5.41, 5.74) is 1.97. The van der Waals surface area contributed by atoms with Crippen molar-refractivity contribution in [2.45, 2.75) is 25.9 Å². The average Bonchev–Trinajstić information content (AvgIpc) is 2.68. The Balaban J connectivity index is 2.05. The molecule has 0 aliphatic carbocycles. The highest BCUT2D eigenvalue weighted by molar-refractivity contribution is 6.05. The first-order valence-corrected chi connectivity index (χ1v) is 6.25. The topological polar surface area (TPSA) is 75.7 Å². The second-order valence-electron chi connectivity index (χ2n) is 4.69. The molecule has 1 aliphatic rings. The van der Waals surface area contributed by atoms with E-state index >= 15 is 0 Å². The molecule has 1 aromatic rings. The minimum absolute atomic E-state index is 0.147. The number of ether oxygens (including phenoxy) is 1. The molecule has 1 aromatic carbocycles. The van der Waals surface area contributed by atoms with Gasteiger partial charge in [-0.05, 0) is 12.5 Å². The monoisotopic (exact) mass is 276 g/mol. The van der Waals surface area contributed by atoms with Crippen LogP contribution in [0.2, 0.25) is 0 Å². The maximum atomic E-state index is 12.1. The van der Waals surface area contributed by atoms with E-state index in [1.54, 1.807) is 0 Å². The summed E-state index contributed by atoms with van der Waals surface area (Å²) in [6, 6.07) is 6.25. The van der Waals surface area contributed by atoms with E-state index < -0.39 is 23.9 Å². The van der Waals surface area contributed by atoms with Gasteiger partial charge in [-0.3, -0.25) is 14.5 Å². The molecule has 1 saturated heterocycles. The van der Waals surface area contributed by atoms with Crippen LogP contribution in [0.5, 0.6) is 0 Å². The Morgan fingerprint density at radius 2 is 1.95 bits per heavy atom. The summed E-state index contributed by atoms with van der Waals surface area (Å²) < 4.78 is 4.50. The third-order valence-corrected chi connectivity index (χ3v) is 3.17. The third-order valence-electron chi connectivity index (χ3n) is 3.17. The number of hydrogen-bond donors (Lipinski definition) is 1. The van der Waals surface area contributed by atoms with Crippen molar-refractivity contribution in [2.24, 2.45) is 0 Å². The highest BCUT2D eigenvalue weighted by Gasteiger charge is 2.39. The van der Waals surface area contributed by atoms with Crippen molar-refractivity contribution in [3.63, 3.8) is 0 Å². The van der Waals surface area contributed by atoms with Crippen LogP contribution in [0, 0.1) is 6.92 Å². The number of methoxy groups -OCH3 is 1. The maximum Gasteiger partial charge on any atom is 0.325 e. The SMILES string of the molecule is COC(=O)CC1NC(=O)N(Cc2ccc(C)cc2)C1=O. The lowest BCUT2D eigenvalue weighted by Crippen LogP contribution is -2.32. The van der Waals surface area contributed by atoms with E-state index in [1.165, 1.54) is 7.11 Å². The summed E-state index contributed by atoms with van der Waals surface area (Å²) in [5, 5.41) is 2.49. The predicted molar refractivity (Wildman–Crippen MR) is 70.7 cm³/mol. The van der Waals surface area contributed by atoms with E-state index in [9.17, 15) is 14.4 Å². The molecular weight excluding hydrogens is 260 g/mol. The summed E-state index contributed by atoms with van der Waals surface area (Å²) in [6.07, 6.45) is -0.147. The molecular formula is C14H16N2O4. The number of nitrogens with zero attached hydrogens (tertiary/aromatic N) is 1. The number of hydrogen-bond acceptors (Lipinski definition) is 4. The van der Waals surface area contributed by atoms with Crippen LogP contribution in [0.4, 0.5) is 4.79 Å². The molecule has 20 heavy (non-hydrogen) atoms. The van der Waals surface area contributed by atoms with Crippen LogP contribution in [-0.4, -0.2) is 36.0 Å². The van der Waals surface area contributed by atoms with Crippen molar-refractivity contribution in [3.8, 4) is 0 Å². The molecule has 1 unspecified atom stereocenters. The number of carbonyl (C=O) groups excluding carboxylic acids is 3. The van der Waals surface area contributed by atoms with Crippen LogP contribution >= 0.6 is 0 Å². The number of amides is 3. The number of nitrogens with one attached hydrogen (secondary N) is 1. The fraction of sp³-hybridized carbons (Fsp3) is 0.357. The van der Waals surface area contributed by atoms with Gasteiger partial charge in [0.25, 0.3) is 5.91 Å². The van der Waals surface area contributed by atoms with E-state index in [1.807, 2.05) is 31.2 Å². The van der Waals surface area contributed by atoms with Gasteiger partial charge in [0.05, 0.1) is 20.1 Å². The van der Waals surface area contributed by atoms with E-state index in [2.05, 4.69) is 10.1 Å². The van der Waals surface area contributed by atoms with Crippen molar-refractivity contribution in [2.75, 3.05) is 7.11 Å². The predicted octanol–water partition coefficient (Wildman–Crippen LogP) is 0.979. The lowest BCUT2D eigenvalue weighted by Gasteiger charge is -2.13. The molecule has 0 bridgehead atoms. The Morgan fingerprint density at radius 1 is 1.30 bits per heavy atom. The van der Waals surface area contributed by atoms with Gasteiger partial charge in [-0.1, -0.05) is 29.8 Å². The quantitative estimate of drug-likeness (QED) is 0.657. The Labute approximate surface area is 116 Å². The first kappa shape index (κ1) is 14.0. The lowest BCUT2D eigenvalue weighted by atomic mass is 10.1. The average molecular weight is 276 g/mol. The van der Waals surface area contributed by atoms with E-state index in [0.29, 0.717) is 0 Å². The van der Waals surface area contributed by atoms with Crippen molar-refractivity contribution in [1.29, 1.82) is 0 Å². The number of aryl methyl sites for hydroxylation is 1. The number of urea groups is 1. The summed E-state index contributed by atoms with van der Waals surface area (Å²) in [5.74, 6) is -0.929. The first-order chi connectivity index (χ1) is 9.51. The van der Waals surface area contributed by atoms with Gasteiger partial charge >= 0.3 is 12.0 Å². The largest absolute Gasteiger partial charge is 0.469 e. The lowest BCUT2D eigenvalue weighted by molar-refractivity contribution is -0.143. The van der Waals surface area contributed by atoms with E-state index in [-0.39, 0.29) is 13.0 Å². The molecule has 3 amide bonds. The molecule has 6 heteroatoms. The minimum atomic E-state index is -0.833. The van der Waals surface area contributed by atoms with Crippen LogP contribution in [0.3, 0.4) is 0 Å². The van der Waals surface area contributed by atoms with Gasteiger partial charge in [0.2, 0.25) is 0 Å². The Kier molecular flexibility index (Phi) is 4.02. The van der Waals surface area contributed by atoms with Gasteiger partial charge in [0, 0.05) is 0 Å². The molecule has 0 radical (unpaired) electrons. The number of rotatable bonds is 4. The Morgan fingerprint density at radius 3 is 2.55 bits per heavy atom. The van der Waals surface area contributed by atoms with Gasteiger partial charge in [-0.15, -0.1) is 0 Å². The van der Waals surface area contributed by atoms with E-state index in [4.69, 9.17) is 0 Å². The molecule has 1 heterocycles. The Bertz CT molecular complexity index is 539. The maximum absolute atomic E-state index is 12.1. The van der Waals surface area contributed by atoms with Crippen molar-refractivity contribution < 1.29 is 19.1 Å². The van der Waals surface area contributed by atoms with Gasteiger partial charge in [-0.2, -0.15) is 0 Å². The number of esters is 1. The summed E-state index contributed by atoms with van der Waals surface area (Å²) in [7, 11) is 1.24. The number of imide groups is 1. The fourth-order valence-electron chi connectivity index (χ4n) is 1.99. The van der Waals surface area contributed by atoms with Crippen LogP contribution in [-0.2, 0) is 20.9 Å². The van der Waals surface area contributed by atoms with Crippen LogP contribution < -0.4 is 5.32 Å². The second kappa shape index (κ2) is 5.73. The van der Waals surface area contributed by atoms with E-state index in [0.717, 1.165) is 16.0 Å². The zero-order valence-electron chi connectivity index (χ0n) is 11.4. The molecule has 0 aromatic heterocycles. The third kappa shape index (κ3) is 2.96. The highest BCUT2D eigenvalue weighted by atomic mass is 16.5. The van der Waals surface area contributed by atoms with Crippen molar-refractivity contribution in [1.82, 2.24) is 10.2 Å². The fourth-order valence-corrected chi connectivity index (χ4v) is 1.99. The molecule has 1 fully saturated rings. The molecule has 6 nitrogen and oxygen atoms in total. The summed E-state index contributed by atoms with van der Waals surface area (Å²) >= 11 is 0. The molecule has 0 spiro atoms. The zero-order valence-corrected chi connectivity index (χ0v) is 11.4. The molecule has 0 saturated carbocycles. The van der Waals surface area contributed by atoms with Crippen LogP contribution in [0.1, 0.15) is 17.5 Å². The second-order valence-corrected chi connectivity index (χ2v) is 4.69. The van der Waals surface area contributed by atoms with Gasteiger partial charge in [0.1, 0.15) is 6.04 Å². The van der Waals surface area contributed by atoms with Crippen molar-refractivity contribution in [3.05, 3.63) is 35.4 Å². The first-order valence-electron chi connectivity index (χ1n) is 6.25. The summed E-state index contributed by atoms with van der Waals surface area (Å²) in [4.78, 5) is 36.1.